The highest BCUT2D eigenvalue weighted by molar-refractivity contribution is 5.73. The summed E-state index contributed by atoms with van der Waals surface area (Å²) in [6.07, 6.45) is 14.7. The molecule has 0 aromatic carbocycles. The van der Waals surface area contributed by atoms with Crippen molar-refractivity contribution in [2.75, 3.05) is 19.8 Å². The quantitative estimate of drug-likeness (QED) is 0.259. The van der Waals surface area contributed by atoms with E-state index in [0.29, 0.717) is 37.6 Å². The average Bonchev–Trinajstić information content (AvgIpc) is 3.57. The van der Waals surface area contributed by atoms with E-state index in [9.17, 15) is 9.90 Å². The third-order valence-corrected chi connectivity index (χ3v) is 17.1. The number of allylic oxidation sites excluding steroid dienone is 1. The molecule has 2 aromatic rings. The molecule has 4 aliphatic carbocycles. The van der Waals surface area contributed by atoms with E-state index < -0.39 is 17.4 Å². The molecule has 1 saturated heterocycles. The van der Waals surface area contributed by atoms with Gasteiger partial charge in [-0.25, -0.2) is 19.6 Å². The summed E-state index contributed by atoms with van der Waals surface area (Å²) in [5.41, 5.74) is 7.17. The number of aliphatic carboxylic acids is 1. The molecule has 53 heavy (non-hydrogen) atoms. The summed E-state index contributed by atoms with van der Waals surface area (Å²) in [6.45, 7) is 26.5. The van der Waals surface area contributed by atoms with E-state index in [1.807, 2.05) is 0 Å². The normalized spacial score (nSPS) is 41.4. The zero-order chi connectivity index (χ0) is 38.6. The molecule has 2 aromatic heterocycles. The number of aromatic nitrogens is 5. The highest BCUT2D eigenvalue weighted by Gasteiger charge is 2.72. The lowest BCUT2D eigenvalue weighted by molar-refractivity contribution is -0.253. The molecule has 3 heterocycles. The van der Waals surface area contributed by atoms with Crippen LogP contribution in [0.4, 0.5) is 0 Å². The summed E-state index contributed by atoms with van der Waals surface area (Å²) in [5.74, 6) is 0.984. The molecule has 12 atom stereocenters. The number of hydrogen-bond acceptors (Lipinski definition) is 8. The lowest BCUT2D eigenvalue weighted by atomic mass is 9.34. The number of ether oxygens (including phenoxy) is 2. The Bertz CT molecular complexity index is 1730. The van der Waals surface area contributed by atoms with E-state index in [1.54, 1.807) is 18.7 Å². The Kier molecular flexibility index (Phi) is 9.22. The lowest BCUT2D eigenvalue weighted by Gasteiger charge is -2.71. The van der Waals surface area contributed by atoms with E-state index in [1.165, 1.54) is 11.9 Å². The molecule has 2 bridgehead atoms. The van der Waals surface area contributed by atoms with Crippen LogP contribution < -0.4 is 5.73 Å². The SMILES string of the molecule is CC(C)[C@@H](C)[C@@]1(C)CC[C@]2(C)[C@H]3CC[C@H]4C5(C)COC[C@@]4(C[C@@H](n4ncnc4-c4cncnc4)[C@@H]5OC[C@](C)(N)C(C)(C)C)C3=CC[C@@]2(C)[C@@H]1C(=O)O. The van der Waals surface area contributed by atoms with Crippen molar-refractivity contribution >= 4 is 5.97 Å². The Balaban J connectivity index is 1.35. The van der Waals surface area contributed by atoms with Crippen molar-refractivity contribution in [1.82, 2.24) is 24.7 Å². The predicted octanol–water partition coefficient (Wildman–Crippen LogP) is 8.01. The third-order valence-electron chi connectivity index (χ3n) is 17.1. The van der Waals surface area contributed by atoms with Crippen molar-refractivity contribution in [3.8, 4) is 11.4 Å². The molecule has 10 heteroatoms. The zero-order valence-electron chi connectivity index (χ0n) is 34.3. The maximum Gasteiger partial charge on any atom is 0.307 e. The van der Waals surface area contributed by atoms with E-state index in [0.717, 1.165) is 49.9 Å². The van der Waals surface area contributed by atoms with Gasteiger partial charge in [0.15, 0.2) is 5.82 Å². The number of nitrogens with zero attached hydrogens (tertiary/aromatic N) is 5. The van der Waals surface area contributed by atoms with Gasteiger partial charge in [0.05, 0.1) is 43.4 Å². The molecule has 7 rings (SSSR count). The first kappa shape index (κ1) is 38.6. The molecule has 4 fully saturated rings. The van der Waals surface area contributed by atoms with E-state index in [2.05, 4.69) is 96.9 Å². The van der Waals surface area contributed by atoms with Gasteiger partial charge in [-0.1, -0.05) is 80.9 Å². The third kappa shape index (κ3) is 5.45. The van der Waals surface area contributed by atoms with Gasteiger partial charge in [-0.2, -0.15) is 5.10 Å². The van der Waals surface area contributed by atoms with Crippen molar-refractivity contribution in [3.05, 3.63) is 36.7 Å². The van der Waals surface area contributed by atoms with Crippen LogP contribution in [0.25, 0.3) is 11.4 Å². The Morgan fingerprint density at radius 2 is 1.74 bits per heavy atom. The molecule has 292 valence electrons. The summed E-state index contributed by atoms with van der Waals surface area (Å²) in [4.78, 5) is 27.0. The number of rotatable bonds is 8. The summed E-state index contributed by atoms with van der Waals surface area (Å²) < 4.78 is 16.1. The second-order valence-corrected chi connectivity index (χ2v) is 20.7. The number of carbonyl (C=O) groups is 1. The van der Waals surface area contributed by atoms with Gasteiger partial charge in [0.2, 0.25) is 0 Å². The van der Waals surface area contributed by atoms with Gasteiger partial charge in [-0.15, -0.1) is 0 Å². The Morgan fingerprint density at radius 3 is 2.38 bits per heavy atom. The molecule has 10 nitrogen and oxygen atoms in total. The van der Waals surface area contributed by atoms with E-state index in [-0.39, 0.29) is 50.6 Å². The molecular formula is C43H66N6O4. The molecule has 1 unspecified atom stereocenters. The molecular weight excluding hydrogens is 665 g/mol. The van der Waals surface area contributed by atoms with Gasteiger partial charge < -0.3 is 20.3 Å². The van der Waals surface area contributed by atoms with Gasteiger partial charge in [-0.3, -0.25) is 4.79 Å². The maximum absolute atomic E-state index is 13.6. The fourth-order valence-electron chi connectivity index (χ4n) is 12.7. The second kappa shape index (κ2) is 12.7. The minimum atomic E-state index is -0.630. The van der Waals surface area contributed by atoms with Crippen molar-refractivity contribution in [2.24, 2.45) is 67.8 Å². The zero-order valence-corrected chi connectivity index (χ0v) is 34.3. The molecule has 0 spiro atoms. The van der Waals surface area contributed by atoms with Crippen LogP contribution in [-0.2, 0) is 14.3 Å². The van der Waals surface area contributed by atoms with Crippen LogP contribution >= 0.6 is 0 Å². The predicted molar refractivity (Wildman–Crippen MR) is 205 cm³/mol. The number of carboxylic acids is 1. The Morgan fingerprint density at radius 1 is 1.04 bits per heavy atom. The van der Waals surface area contributed by atoms with Gasteiger partial charge in [0.1, 0.15) is 12.7 Å². The van der Waals surface area contributed by atoms with Crippen molar-refractivity contribution < 1.29 is 19.4 Å². The largest absolute Gasteiger partial charge is 0.481 e. The minimum absolute atomic E-state index is 0.150. The van der Waals surface area contributed by atoms with Crippen LogP contribution in [0.3, 0.4) is 0 Å². The maximum atomic E-state index is 13.6. The van der Waals surface area contributed by atoms with Crippen LogP contribution in [-0.4, -0.2) is 67.3 Å². The molecule has 1 aliphatic heterocycles. The first-order valence-corrected chi connectivity index (χ1v) is 20.2. The Labute approximate surface area is 317 Å². The summed E-state index contributed by atoms with van der Waals surface area (Å²) in [7, 11) is 0. The van der Waals surface area contributed by atoms with Crippen LogP contribution in [0.2, 0.25) is 0 Å². The smallest absolute Gasteiger partial charge is 0.307 e. The van der Waals surface area contributed by atoms with Crippen molar-refractivity contribution in [2.45, 2.75) is 132 Å². The summed E-state index contributed by atoms with van der Waals surface area (Å²) in [6, 6.07) is -0.150. The average molecular weight is 731 g/mol. The standard InChI is InChI=1S/C43H66N6O4/c1-26(2)27(3)38(7)16-17-40(9)29-12-13-32-39(8)21-52-23-43(32,30(29)14-15-41(40,10)33(38)36(50)51)18-31(34(39)53-22-42(11,44)37(4,5)6)49-35(47-25-48-49)28-19-45-24-46-20-28/h14,19-20,24-27,29,31-34H,12-13,15-18,21-23,44H2,1-11H3,(H,50,51)/t27-,29+,31-,32+,33-,34+,38-,39?,40-,41+,42+,43+/m1/s1. The van der Waals surface area contributed by atoms with Crippen molar-refractivity contribution in [1.29, 1.82) is 0 Å². The lowest BCUT2D eigenvalue weighted by Crippen LogP contribution is -2.69. The first-order valence-electron chi connectivity index (χ1n) is 20.2. The molecule has 5 aliphatic rings. The van der Waals surface area contributed by atoms with Crippen LogP contribution in [0.5, 0.6) is 0 Å². The number of carboxylic acid groups (broad SMARTS) is 1. The topological polar surface area (TPSA) is 138 Å². The molecule has 3 N–H and O–H groups in total. The van der Waals surface area contributed by atoms with Gasteiger partial charge in [0.25, 0.3) is 0 Å². The summed E-state index contributed by atoms with van der Waals surface area (Å²) in [5, 5.41) is 16.1. The monoisotopic (exact) mass is 731 g/mol. The summed E-state index contributed by atoms with van der Waals surface area (Å²) >= 11 is 0. The fourth-order valence-corrected chi connectivity index (χ4v) is 12.7. The molecule has 0 radical (unpaired) electrons. The van der Waals surface area contributed by atoms with Gasteiger partial charge in [-0.05, 0) is 90.8 Å². The fraction of sp³-hybridized carbons (Fsp3) is 0.791. The molecule has 3 saturated carbocycles. The first-order chi connectivity index (χ1) is 24.7. The minimum Gasteiger partial charge on any atom is -0.481 e. The molecule has 0 amide bonds. The Hall–Kier alpha value is -2.69. The van der Waals surface area contributed by atoms with E-state index in [4.69, 9.17) is 25.3 Å². The van der Waals surface area contributed by atoms with Crippen molar-refractivity contribution in [3.63, 3.8) is 0 Å². The number of fused-ring (bicyclic) bond motifs is 3. The van der Waals surface area contributed by atoms with Crippen LogP contribution in [0.1, 0.15) is 121 Å². The van der Waals surface area contributed by atoms with Crippen LogP contribution in [0.15, 0.2) is 36.7 Å². The van der Waals surface area contributed by atoms with Gasteiger partial charge >= 0.3 is 5.97 Å². The highest BCUT2D eigenvalue weighted by atomic mass is 16.5. The van der Waals surface area contributed by atoms with E-state index >= 15 is 0 Å². The second-order valence-electron chi connectivity index (χ2n) is 20.7. The van der Waals surface area contributed by atoms with Gasteiger partial charge in [0, 0.05) is 28.8 Å². The number of hydrogen-bond donors (Lipinski definition) is 2. The van der Waals surface area contributed by atoms with Crippen LogP contribution in [0, 0.1) is 62.1 Å². The number of nitrogens with two attached hydrogens (primary N) is 1. The highest BCUT2D eigenvalue weighted by Crippen LogP contribution is 2.75.